The summed E-state index contributed by atoms with van der Waals surface area (Å²) in [6.45, 7) is 19.1. The van der Waals surface area contributed by atoms with E-state index in [2.05, 4.69) is 61.1 Å². The van der Waals surface area contributed by atoms with Crippen LogP contribution >= 0.6 is 0 Å². The first-order valence-electron chi connectivity index (χ1n) is 16.6. The lowest BCUT2D eigenvalue weighted by atomic mass is 10.1. The van der Waals surface area contributed by atoms with Crippen LogP contribution in [0.25, 0.3) is 22.5 Å². The van der Waals surface area contributed by atoms with Gasteiger partial charge < -0.3 is 19.3 Å². The molecule has 2 N–H and O–H groups in total. The third-order valence-corrected chi connectivity index (χ3v) is 8.85. The predicted octanol–water partition coefficient (Wildman–Crippen LogP) is 5.76. The molecule has 0 fully saturated rings. The molecule has 0 aliphatic rings. The first kappa shape index (κ1) is 36.3. The van der Waals surface area contributed by atoms with E-state index in [-0.39, 0.29) is 11.4 Å². The van der Waals surface area contributed by atoms with Gasteiger partial charge in [-0.25, -0.2) is 9.59 Å². The molecule has 11 nitrogen and oxygen atoms in total. The van der Waals surface area contributed by atoms with Gasteiger partial charge in [0.1, 0.15) is 11.4 Å². The summed E-state index contributed by atoms with van der Waals surface area (Å²) in [5, 5.41) is 19.3. The van der Waals surface area contributed by atoms with E-state index < -0.39 is 11.9 Å². The normalized spacial score (nSPS) is 11.6. The molecule has 4 aromatic rings. The lowest BCUT2D eigenvalue weighted by Crippen LogP contribution is -2.26. The second kappa shape index (κ2) is 16.5. The van der Waals surface area contributed by atoms with E-state index in [0.29, 0.717) is 32.7 Å². The molecule has 0 bridgehead atoms. The standard InChI is InChI=1S/C37H49N7O4/c1-8-17-44(24-30-20-26(18-28(38-30)22-42(9-2)10-3)32-13-15-34(36(45)46)40(32)6)25-31-21-27(19-29(39-31)23-43(11-4)12-5)33-14-16-35(37(47)48)41(33)7/h8,13-16,18-21H,1,9-12,17,22-25H2,2-7H3,(H,45,46)(H,47,48). The van der Waals surface area contributed by atoms with Crippen LogP contribution in [0.2, 0.25) is 0 Å². The Hall–Kier alpha value is -4.58. The summed E-state index contributed by atoms with van der Waals surface area (Å²) in [5.41, 5.74) is 7.46. The first-order valence-corrected chi connectivity index (χ1v) is 16.6. The fourth-order valence-electron chi connectivity index (χ4n) is 6.13. The molecule has 0 radical (unpaired) electrons. The number of carboxylic acid groups (broad SMARTS) is 2. The van der Waals surface area contributed by atoms with E-state index in [4.69, 9.17) is 9.97 Å². The molecule has 4 rings (SSSR count). The van der Waals surface area contributed by atoms with Crippen LogP contribution in [0.15, 0.2) is 61.2 Å². The molecular weight excluding hydrogens is 606 g/mol. The average Bonchev–Trinajstić information content (AvgIpc) is 3.64. The van der Waals surface area contributed by atoms with Gasteiger partial charge in [-0.15, -0.1) is 6.58 Å². The van der Waals surface area contributed by atoms with Crippen LogP contribution in [0.4, 0.5) is 0 Å². The van der Waals surface area contributed by atoms with Gasteiger partial charge in [-0.2, -0.15) is 0 Å². The minimum Gasteiger partial charge on any atom is -0.477 e. The van der Waals surface area contributed by atoms with Gasteiger partial charge in [0, 0.05) is 69.3 Å². The molecule has 0 spiro atoms. The topological polar surface area (TPSA) is 120 Å². The molecule has 0 amide bonds. The Labute approximate surface area is 283 Å². The highest BCUT2D eigenvalue weighted by Crippen LogP contribution is 2.27. The number of hydrogen-bond acceptors (Lipinski definition) is 7. The summed E-state index contributed by atoms with van der Waals surface area (Å²) in [5.74, 6) is -1.94. The van der Waals surface area contributed by atoms with Gasteiger partial charge in [0.25, 0.3) is 0 Å². The molecule has 0 atom stereocenters. The second-order valence-electron chi connectivity index (χ2n) is 12.0. The second-order valence-corrected chi connectivity index (χ2v) is 12.0. The van der Waals surface area contributed by atoms with Crippen molar-refractivity contribution in [2.75, 3.05) is 32.7 Å². The van der Waals surface area contributed by atoms with E-state index >= 15 is 0 Å². The van der Waals surface area contributed by atoms with Gasteiger partial charge >= 0.3 is 11.9 Å². The van der Waals surface area contributed by atoms with Crippen LogP contribution in [-0.4, -0.2) is 88.7 Å². The van der Waals surface area contributed by atoms with Crippen LogP contribution in [0.5, 0.6) is 0 Å². The number of nitrogens with zero attached hydrogens (tertiary/aromatic N) is 7. The van der Waals surface area contributed by atoms with Crippen LogP contribution in [0, 0.1) is 0 Å². The zero-order valence-corrected chi connectivity index (χ0v) is 29.1. The zero-order valence-electron chi connectivity index (χ0n) is 29.1. The number of aromatic nitrogens is 4. The quantitative estimate of drug-likeness (QED) is 0.129. The highest BCUT2D eigenvalue weighted by molar-refractivity contribution is 5.88. The van der Waals surface area contributed by atoms with E-state index in [1.807, 2.05) is 30.3 Å². The lowest BCUT2D eigenvalue weighted by molar-refractivity contribution is 0.0676. The Morgan fingerprint density at radius 1 is 0.646 bits per heavy atom. The zero-order chi connectivity index (χ0) is 35.0. The van der Waals surface area contributed by atoms with E-state index in [1.165, 1.54) is 0 Å². The van der Waals surface area contributed by atoms with Crippen molar-refractivity contribution in [3.05, 3.63) is 95.3 Å². The Kier molecular flexibility index (Phi) is 12.5. The van der Waals surface area contributed by atoms with E-state index in [1.54, 1.807) is 35.4 Å². The molecule has 4 heterocycles. The fraction of sp³-hybridized carbons (Fsp3) is 0.405. The van der Waals surface area contributed by atoms with Gasteiger partial charge in [0.05, 0.1) is 22.8 Å². The maximum absolute atomic E-state index is 11.8. The summed E-state index contributed by atoms with van der Waals surface area (Å²) in [6, 6.07) is 15.1. The molecule has 0 aliphatic heterocycles. The van der Waals surface area contributed by atoms with Crippen molar-refractivity contribution in [2.45, 2.75) is 53.9 Å². The van der Waals surface area contributed by atoms with Crippen molar-refractivity contribution in [1.82, 2.24) is 33.8 Å². The number of rotatable bonds is 18. The molecule has 0 saturated carbocycles. The molecule has 48 heavy (non-hydrogen) atoms. The SMILES string of the molecule is C=CCN(Cc1cc(-c2ccc(C(=O)O)n2C)cc(CN(CC)CC)n1)Cc1cc(-c2ccc(C(=O)O)n2C)cc(CN(CC)CC)n1. The predicted molar refractivity (Wildman–Crippen MR) is 189 cm³/mol. The molecule has 4 aromatic heterocycles. The highest BCUT2D eigenvalue weighted by atomic mass is 16.4. The maximum atomic E-state index is 11.8. The van der Waals surface area contributed by atoms with Crippen LogP contribution in [0.3, 0.4) is 0 Å². The molecule has 11 heteroatoms. The fourth-order valence-corrected chi connectivity index (χ4v) is 6.13. The number of aromatic carboxylic acids is 2. The third-order valence-electron chi connectivity index (χ3n) is 8.85. The minimum absolute atomic E-state index is 0.224. The van der Waals surface area contributed by atoms with Crippen molar-refractivity contribution < 1.29 is 19.8 Å². The van der Waals surface area contributed by atoms with Crippen molar-refractivity contribution in [2.24, 2.45) is 14.1 Å². The Balaban J connectivity index is 1.74. The monoisotopic (exact) mass is 655 g/mol. The van der Waals surface area contributed by atoms with Gasteiger partial charge in [-0.3, -0.25) is 24.7 Å². The number of hydrogen-bond donors (Lipinski definition) is 2. The van der Waals surface area contributed by atoms with Crippen molar-refractivity contribution in [1.29, 1.82) is 0 Å². The molecular formula is C37H49N7O4. The van der Waals surface area contributed by atoms with E-state index in [0.717, 1.165) is 71.5 Å². The number of carbonyl (C=O) groups is 2. The minimum atomic E-state index is -0.969. The first-order chi connectivity index (χ1) is 23.0. The lowest BCUT2D eigenvalue weighted by Gasteiger charge is -2.23. The highest BCUT2D eigenvalue weighted by Gasteiger charge is 2.19. The third kappa shape index (κ3) is 8.66. The summed E-state index contributed by atoms with van der Waals surface area (Å²) in [6.07, 6.45) is 1.87. The van der Waals surface area contributed by atoms with Crippen LogP contribution in [-0.2, 0) is 40.3 Å². The smallest absolute Gasteiger partial charge is 0.352 e. The Morgan fingerprint density at radius 2 is 0.979 bits per heavy atom. The summed E-state index contributed by atoms with van der Waals surface area (Å²) < 4.78 is 3.41. The Morgan fingerprint density at radius 3 is 1.25 bits per heavy atom. The van der Waals surface area contributed by atoms with Gasteiger partial charge in [-0.05, 0) is 74.7 Å². The van der Waals surface area contributed by atoms with Crippen molar-refractivity contribution in [3.8, 4) is 22.5 Å². The largest absolute Gasteiger partial charge is 0.477 e. The summed E-state index contributed by atoms with van der Waals surface area (Å²) in [7, 11) is 3.54. The van der Waals surface area contributed by atoms with Crippen LogP contribution in [0.1, 0.15) is 71.4 Å². The van der Waals surface area contributed by atoms with E-state index in [9.17, 15) is 19.8 Å². The van der Waals surface area contributed by atoms with Crippen molar-refractivity contribution in [3.63, 3.8) is 0 Å². The molecule has 0 unspecified atom stereocenters. The van der Waals surface area contributed by atoms with Crippen molar-refractivity contribution >= 4 is 11.9 Å². The average molecular weight is 656 g/mol. The van der Waals surface area contributed by atoms with Gasteiger partial charge in [-0.1, -0.05) is 33.8 Å². The molecule has 0 aliphatic carbocycles. The maximum Gasteiger partial charge on any atom is 0.352 e. The molecule has 256 valence electrons. The molecule has 0 saturated heterocycles. The Bertz CT molecular complexity index is 1610. The van der Waals surface area contributed by atoms with Gasteiger partial charge in [0.15, 0.2) is 0 Å². The van der Waals surface area contributed by atoms with Crippen LogP contribution < -0.4 is 0 Å². The number of pyridine rings is 2. The number of carboxylic acids is 2. The molecule has 0 aromatic carbocycles. The summed E-state index contributed by atoms with van der Waals surface area (Å²) in [4.78, 5) is 40.6. The van der Waals surface area contributed by atoms with Gasteiger partial charge in [0.2, 0.25) is 0 Å². The summed E-state index contributed by atoms with van der Waals surface area (Å²) >= 11 is 0.